The van der Waals surface area contributed by atoms with Gasteiger partial charge in [0.1, 0.15) is 29.6 Å². The summed E-state index contributed by atoms with van der Waals surface area (Å²) in [4.78, 5) is 12.4. The third kappa shape index (κ3) is 2.54. The van der Waals surface area contributed by atoms with Gasteiger partial charge in [0, 0.05) is 23.6 Å². The summed E-state index contributed by atoms with van der Waals surface area (Å²) in [5, 5.41) is 0. The summed E-state index contributed by atoms with van der Waals surface area (Å²) in [6, 6.07) is 11.1. The molecular formula is C20H18O6. The van der Waals surface area contributed by atoms with E-state index in [4.69, 9.17) is 23.7 Å². The van der Waals surface area contributed by atoms with Crippen molar-refractivity contribution in [1.29, 1.82) is 0 Å². The second-order valence-corrected chi connectivity index (χ2v) is 6.00. The van der Waals surface area contributed by atoms with E-state index in [1.54, 1.807) is 27.4 Å². The Labute approximate surface area is 150 Å². The molecule has 2 heterocycles. The van der Waals surface area contributed by atoms with Crippen molar-refractivity contribution >= 4 is 5.97 Å². The predicted octanol–water partition coefficient (Wildman–Crippen LogP) is 3.05. The Morgan fingerprint density at radius 2 is 1.62 bits per heavy atom. The molecule has 2 aromatic rings. The quantitative estimate of drug-likeness (QED) is 0.787. The van der Waals surface area contributed by atoms with E-state index in [9.17, 15) is 4.79 Å². The Hall–Kier alpha value is -3.15. The summed E-state index contributed by atoms with van der Waals surface area (Å²) in [5.41, 5.74) is 2.24. The largest absolute Gasteiger partial charge is 0.497 e. The molecule has 0 aliphatic carbocycles. The lowest BCUT2D eigenvalue weighted by atomic mass is 9.82. The highest BCUT2D eigenvalue weighted by molar-refractivity contribution is 5.95. The Balaban J connectivity index is 1.92. The molecule has 0 bridgehead atoms. The molecule has 2 aromatic carbocycles. The summed E-state index contributed by atoms with van der Waals surface area (Å²) < 4.78 is 27.2. The Morgan fingerprint density at radius 3 is 2.27 bits per heavy atom. The minimum atomic E-state index is -0.367. The molecule has 0 spiro atoms. The van der Waals surface area contributed by atoms with Crippen molar-refractivity contribution < 1.29 is 28.5 Å². The molecule has 1 atom stereocenters. The molecule has 26 heavy (non-hydrogen) atoms. The van der Waals surface area contributed by atoms with Crippen LogP contribution in [-0.4, -0.2) is 33.9 Å². The van der Waals surface area contributed by atoms with Gasteiger partial charge in [-0.15, -0.1) is 0 Å². The van der Waals surface area contributed by atoms with Crippen LogP contribution in [0.1, 0.15) is 17.0 Å². The first-order chi connectivity index (χ1) is 12.6. The molecule has 0 amide bonds. The van der Waals surface area contributed by atoms with Gasteiger partial charge in [0.15, 0.2) is 5.76 Å². The zero-order chi connectivity index (χ0) is 18.3. The van der Waals surface area contributed by atoms with Crippen LogP contribution in [0.3, 0.4) is 0 Å². The molecule has 0 N–H and O–H groups in total. The van der Waals surface area contributed by atoms with Crippen molar-refractivity contribution in [3.05, 3.63) is 58.9 Å². The molecule has 0 saturated heterocycles. The number of cyclic esters (lactones) is 1. The Morgan fingerprint density at radius 1 is 0.923 bits per heavy atom. The van der Waals surface area contributed by atoms with Crippen LogP contribution in [0.2, 0.25) is 0 Å². The van der Waals surface area contributed by atoms with Gasteiger partial charge in [-0.05, 0) is 23.8 Å². The van der Waals surface area contributed by atoms with E-state index in [0.29, 0.717) is 34.3 Å². The summed E-state index contributed by atoms with van der Waals surface area (Å²) >= 11 is 0. The van der Waals surface area contributed by atoms with Crippen molar-refractivity contribution in [2.45, 2.75) is 5.92 Å². The lowest BCUT2D eigenvalue weighted by Gasteiger charge is -2.26. The van der Waals surface area contributed by atoms with Crippen LogP contribution in [0.4, 0.5) is 0 Å². The fourth-order valence-electron chi connectivity index (χ4n) is 3.36. The SMILES string of the molecule is COc1cc(OC)cc([C@H]2C3=C(COC3=O)Oc3cc(OC)ccc32)c1. The number of esters is 1. The lowest BCUT2D eigenvalue weighted by molar-refractivity contribution is -0.136. The zero-order valence-electron chi connectivity index (χ0n) is 14.7. The maximum Gasteiger partial charge on any atom is 0.339 e. The molecule has 4 rings (SSSR count). The third-order valence-electron chi connectivity index (χ3n) is 4.62. The van der Waals surface area contributed by atoms with Crippen LogP contribution in [0.5, 0.6) is 23.0 Å². The maximum absolute atomic E-state index is 12.4. The zero-order valence-corrected chi connectivity index (χ0v) is 14.7. The summed E-state index contributed by atoms with van der Waals surface area (Å²) in [6.07, 6.45) is 0. The predicted molar refractivity (Wildman–Crippen MR) is 93.0 cm³/mol. The Kier molecular flexibility index (Phi) is 3.95. The third-order valence-corrected chi connectivity index (χ3v) is 4.62. The van der Waals surface area contributed by atoms with Gasteiger partial charge >= 0.3 is 5.97 Å². The van der Waals surface area contributed by atoms with Gasteiger partial charge in [-0.25, -0.2) is 4.79 Å². The molecule has 0 fully saturated rings. The second-order valence-electron chi connectivity index (χ2n) is 6.00. The molecular weight excluding hydrogens is 336 g/mol. The van der Waals surface area contributed by atoms with Crippen molar-refractivity contribution in [2.24, 2.45) is 0 Å². The maximum atomic E-state index is 12.4. The van der Waals surface area contributed by atoms with Gasteiger partial charge in [-0.1, -0.05) is 6.07 Å². The molecule has 0 saturated carbocycles. The van der Waals surface area contributed by atoms with E-state index in [1.807, 2.05) is 30.3 Å². The van der Waals surface area contributed by atoms with E-state index >= 15 is 0 Å². The number of benzene rings is 2. The van der Waals surface area contributed by atoms with Gasteiger partial charge in [-0.2, -0.15) is 0 Å². The molecule has 0 aromatic heterocycles. The fraction of sp³-hybridized carbons (Fsp3) is 0.250. The summed E-state index contributed by atoms with van der Waals surface area (Å²) in [6.45, 7) is 0.127. The van der Waals surface area contributed by atoms with E-state index in [2.05, 4.69) is 0 Å². The molecule has 2 aliphatic rings. The van der Waals surface area contributed by atoms with Gasteiger partial charge in [0.2, 0.25) is 0 Å². The number of rotatable bonds is 4. The van der Waals surface area contributed by atoms with Crippen LogP contribution < -0.4 is 18.9 Å². The smallest absolute Gasteiger partial charge is 0.339 e. The second kappa shape index (κ2) is 6.29. The normalized spacial score (nSPS) is 17.8. The highest BCUT2D eigenvalue weighted by atomic mass is 16.6. The van der Waals surface area contributed by atoms with Gasteiger partial charge in [0.05, 0.1) is 26.9 Å². The topological polar surface area (TPSA) is 63.2 Å². The molecule has 6 nitrogen and oxygen atoms in total. The number of fused-ring (bicyclic) bond motifs is 1. The first kappa shape index (κ1) is 16.3. The molecule has 0 radical (unpaired) electrons. The number of carbonyl (C=O) groups excluding carboxylic acids is 1. The van der Waals surface area contributed by atoms with E-state index < -0.39 is 0 Å². The van der Waals surface area contributed by atoms with Gasteiger partial charge in [0.25, 0.3) is 0 Å². The van der Waals surface area contributed by atoms with E-state index in [-0.39, 0.29) is 18.5 Å². The van der Waals surface area contributed by atoms with Crippen molar-refractivity contribution in [2.75, 3.05) is 27.9 Å². The highest BCUT2D eigenvalue weighted by Crippen LogP contribution is 2.47. The number of hydrogen-bond acceptors (Lipinski definition) is 6. The van der Waals surface area contributed by atoms with Crippen molar-refractivity contribution in [3.63, 3.8) is 0 Å². The highest BCUT2D eigenvalue weighted by Gasteiger charge is 2.40. The molecule has 6 heteroatoms. The molecule has 0 unspecified atom stereocenters. The van der Waals surface area contributed by atoms with Crippen LogP contribution in [0.25, 0.3) is 0 Å². The van der Waals surface area contributed by atoms with Crippen LogP contribution in [-0.2, 0) is 9.53 Å². The first-order valence-corrected chi connectivity index (χ1v) is 8.13. The van der Waals surface area contributed by atoms with E-state index in [0.717, 1.165) is 11.1 Å². The average Bonchev–Trinajstić information content (AvgIpc) is 3.05. The van der Waals surface area contributed by atoms with Crippen LogP contribution in [0.15, 0.2) is 47.7 Å². The molecule has 2 aliphatic heterocycles. The number of hydrogen-bond donors (Lipinski definition) is 0. The van der Waals surface area contributed by atoms with Gasteiger partial charge in [-0.3, -0.25) is 0 Å². The first-order valence-electron chi connectivity index (χ1n) is 8.13. The van der Waals surface area contributed by atoms with Crippen LogP contribution in [0, 0.1) is 0 Å². The van der Waals surface area contributed by atoms with Crippen molar-refractivity contribution in [3.8, 4) is 23.0 Å². The lowest BCUT2D eigenvalue weighted by Crippen LogP contribution is -2.18. The summed E-state index contributed by atoms with van der Waals surface area (Å²) in [5.74, 6) is 2.45. The van der Waals surface area contributed by atoms with E-state index in [1.165, 1.54) is 0 Å². The average molecular weight is 354 g/mol. The van der Waals surface area contributed by atoms with Gasteiger partial charge < -0.3 is 23.7 Å². The summed E-state index contributed by atoms with van der Waals surface area (Å²) in [7, 11) is 4.79. The standard InChI is InChI=1S/C20H18O6/c1-22-12-4-5-15-16(9-12)26-17-10-25-20(21)19(17)18(15)11-6-13(23-2)8-14(7-11)24-3/h4-9,18H,10H2,1-3H3/t18-/m1/s1. The minimum Gasteiger partial charge on any atom is -0.497 e. The monoisotopic (exact) mass is 354 g/mol. The molecule has 134 valence electrons. The number of methoxy groups -OCH3 is 3. The van der Waals surface area contributed by atoms with Crippen molar-refractivity contribution in [1.82, 2.24) is 0 Å². The number of carbonyl (C=O) groups is 1. The number of ether oxygens (including phenoxy) is 5. The minimum absolute atomic E-state index is 0.127. The fourth-order valence-corrected chi connectivity index (χ4v) is 3.36. The van der Waals surface area contributed by atoms with Crippen LogP contribution >= 0.6 is 0 Å². The Bertz CT molecular complexity index is 892.